The molecule has 0 aliphatic heterocycles. The van der Waals surface area contributed by atoms with Gasteiger partial charge in [-0.3, -0.25) is 9.52 Å². The van der Waals surface area contributed by atoms with Gasteiger partial charge < -0.3 is 14.8 Å². The number of benzene rings is 3. The topological polar surface area (TPSA) is 111 Å². The van der Waals surface area contributed by atoms with Crippen molar-refractivity contribution >= 4 is 27.6 Å². The van der Waals surface area contributed by atoms with Crippen LogP contribution in [0, 0.1) is 13.8 Å². The van der Waals surface area contributed by atoms with Gasteiger partial charge in [0.15, 0.2) is 6.61 Å². The number of sulfonamides is 1. The third-order valence-corrected chi connectivity index (χ3v) is 6.71. The quantitative estimate of drug-likeness (QED) is 0.415. The van der Waals surface area contributed by atoms with Crippen LogP contribution in [0.15, 0.2) is 71.6 Å². The number of hydrogen-bond donors (Lipinski definition) is 2. The van der Waals surface area contributed by atoms with Gasteiger partial charge in [-0.15, -0.1) is 0 Å². The molecular weight excluding hydrogens is 468 g/mol. The lowest BCUT2D eigenvalue weighted by Crippen LogP contribution is -2.30. The Kier molecular flexibility index (Phi) is 8.48. The van der Waals surface area contributed by atoms with Crippen LogP contribution in [0.2, 0.25) is 0 Å². The second-order valence-electron chi connectivity index (χ2n) is 7.94. The van der Waals surface area contributed by atoms with Gasteiger partial charge in [-0.2, -0.15) is 0 Å². The van der Waals surface area contributed by atoms with Crippen molar-refractivity contribution in [2.45, 2.75) is 25.2 Å². The van der Waals surface area contributed by atoms with Crippen LogP contribution in [0.4, 0.5) is 5.69 Å². The second kappa shape index (κ2) is 11.5. The monoisotopic (exact) mass is 496 g/mol. The summed E-state index contributed by atoms with van der Waals surface area (Å²) in [6.07, 6.45) is 0.653. The van der Waals surface area contributed by atoms with E-state index in [0.717, 1.165) is 22.8 Å². The van der Waals surface area contributed by atoms with Crippen LogP contribution in [0.5, 0.6) is 5.75 Å². The fourth-order valence-electron chi connectivity index (χ4n) is 3.34. The standard InChI is InChI=1S/C26H28N2O6S/c1-18-8-11-22(12-9-18)28-35(31,32)24-16-21(10-13-23(24)33-3)26(30)34-17-25(29)27-15-14-20-7-5-4-6-19(20)2/h4-13,16,28H,14-15,17H2,1-3H3,(H,27,29). The lowest BCUT2D eigenvalue weighted by atomic mass is 10.1. The molecule has 9 heteroatoms. The Morgan fingerprint density at radius 1 is 0.943 bits per heavy atom. The minimum absolute atomic E-state index is 0.0252. The minimum atomic E-state index is -4.06. The molecule has 0 bridgehead atoms. The summed E-state index contributed by atoms with van der Waals surface area (Å²) in [7, 11) is -2.73. The first-order valence-electron chi connectivity index (χ1n) is 11.0. The highest BCUT2D eigenvalue weighted by atomic mass is 32.2. The van der Waals surface area contributed by atoms with Crippen LogP contribution < -0.4 is 14.8 Å². The van der Waals surface area contributed by atoms with Gasteiger partial charge in [-0.05, 0) is 61.7 Å². The molecule has 0 unspecified atom stereocenters. The Morgan fingerprint density at radius 2 is 1.66 bits per heavy atom. The first-order chi connectivity index (χ1) is 16.7. The van der Waals surface area contributed by atoms with Crippen molar-refractivity contribution < 1.29 is 27.5 Å². The Hall–Kier alpha value is -3.85. The summed E-state index contributed by atoms with van der Waals surface area (Å²) in [5, 5.41) is 2.71. The van der Waals surface area contributed by atoms with Crippen LogP contribution in [-0.2, 0) is 26.0 Å². The minimum Gasteiger partial charge on any atom is -0.495 e. The van der Waals surface area contributed by atoms with Crippen molar-refractivity contribution in [3.05, 3.63) is 89.0 Å². The first-order valence-corrected chi connectivity index (χ1v) is 12.4. The molecule has 3 aromatic carbocycles. The maximum absolute atomic E-state index is 13.0. The molecule has 0 radical (unpaired) electrons. The number of anilines is 1. The Balaban J connectivity index is 1.62. The summed E-state index contributed by atoms with van der Waals surface area (Å²) >= 11 is 0. The number of ether oxygens (including phenoxy) is 2. The van der Waals surface area contributed by atoms with E-state index in [1.165, 1.54) is 19.2 Å². The molecule has 0 heterocycles. The fraction of sp³-hybridized carbons (Fsp3) is 0.231. The van der Waals surface area contributed by atoms with Gasteiger partial charge in [0.25, 0.3) is 15.9 Å². The van der Waals surface area contributed by atoms with Gasteiger partial charge in [0, 0.05) is 12.2 Å². The highest BCUT2D eigenvalue weighted by molar-refractivity contribution is 7.92. The third-order valence-electron chi connectivity index (χ3n) is 5.30. The highest BCUT2D eigenvalue weighted by Gasteiger charge is 2.23. The van der Waals surface area contributed by atoms with E-state index in [-0.39, 0.29) is 16.2 Å². The van der Waals surface area contributed by atoms with Crippen LogP contribution in [0.1, 0.15) is 27.0 Å². The lowest BCUT2D eigenvalue weighted by molar-refractivity contribution is -0.124. The summed E-state index contributed by atoms with van der Waals surface area (Å²) in [6.45, 7) is 3.80. The van der Waals surface area contributed by atoms with E-state index in [1.54, 1.807) is 24.3 Å². The van der Waals surface area contributed by atoms with E-state index in [1.807, 2.05) is 38.1 Å². The molecule has 0 saturated carbocycles. The average Bonchev–Trinajstić information content (AvgIpc) is 2.84. The van der Waals surface area contributed by atoms with Crippen LogP contribution in [-0.4, -0.2) is 40.6 Å². The third kappa shape index (κ3) is 7.07. The molecule has 0 saturated heterocycles. The number of aryl methyl sites for hydroxylation is 2. The molecule has 3 rings (SSSR count). The molecule has 0 spiro atoms. The zero-order valence-corrected chi connectivity index (χ0v) is 20.6. The largest absolute Gasteiger partial charge is 0.495 e. The maximum atomic E-state index is 13.0. The van der Waals surface area contributed by atoms with Crippen molar-refractivity contribution in [2.24, 2.45) is 0 Å². The summed E-state index contributed by atoms with van der Waals surface area (Å²) in [5.74, 6) is -1.21. The van der Waals surface area contributed by atoms with E-state index in [0.29, 0.717) is 18.7 Å². The van der Waals surface area contributed by atoms with E-state index in [2.05, 4.69) is 10.0 Å². The van der Waals surface area contributed by atoms with Crippen molar-refractivity contribution in [3.8, 4) is 5.75 Å². The molecule has 1 amide bonds. The van der Waals surface area contributed by atoms with E-state index in [9.17, 15) is 18.0 Å². The Labute approximate surface area is 205 Å². The molecule has 35 heavy (non-hydrogen) atoms. The number of methoxy groups -OCH3 is 1. The summed E-state index contributed by atoms with van der Waals surface area (Å²) < 4.78 is 38.6. The average molecular weight is 497 g/mol. The van der Waals surface area contributed by atoms with Crippen molar-refractivity contribution in [1.29, 1.82) is 0 Å². The first kappa shape index (κ1) is 25.8. The van der Waals surface area contributed by atoms with Crippen LogP contribution in [0.25, 0.3) is 0 Å². The number of esters is 1. The van der Waals surface area contributed by atoms with Crippen LogP contribution >= 0.6 is 0 Å². The van der Waals surface area contributed by atoms with E-state index in [4.69, 9.17) is 9.47 Å². The summed E-state index contributed by atoms with van der Waals surface area (Å²) in [5.41, 5.74) is 3.58. The number of hydrogen-bond acceptors (Lipinski definition) is 6. The van der Waals surface area contributed by atoms with Gasteiger partial charge in [0.2, 0.25) is 0 Å². The smallest absolute Gasteiger partial charge is 0.338 e. The fourth-order valence-corrected chi connectivity index (χ4v) is 4.59. The predicted molar refractivity (Wildman–Crippen MR) is 133 cm³/mol. The Morgan fingerprint density at radius 3 is 2.34 bits per heavy atom. The summed E-state index contributed by atoms with van der Waals surface area (Å²) in [4.78, 5) is 24.4. The normalized spacial score (nSPS) is 10.9. The van der Waals surface area contributed by atoms with Gasteiger partial charge in [0.05, 0.1) is 12.7 Å². The SMILES string of the molecule is COc1ccc(C(=O)OCC(=O)NCCc2ccccc2C)cc1S(=O)(=O)Nc1ccc(C)cc1. The molecule has 0 aliphatic carbocycles. The predicted octanol–water partition coefficient (Wildman–Crippen LogP) is 3.63. The molecule has 0 atom stereocenters. The number of carbonyl (C=O) groups excluding carboxylic acids is 2. The number of nitrogens with one attached hydrogen (secondary N) is 2. The molecule has 0 aromatic heterocycles. The number of amides is 1. The van der Waals surface area contributed by atoms with Gasteiger partial charge in [-0.1, -0.05) is 42.0 Å². The lowest BCUT2D eigenvalue weighted by Gasteiger charge is -2.13. The molecule has 3 aromatic rings. The van der Waals surface area contributed by atoms with E-state index < -0.39 is 28.5 Å². The van der Waals surface area contributed by atoms with E-state index >= 15 is 0 Å². The zero-order chi connectivity index (χ0) is 25.4. The molecule has 8 nitrogen and oxygen atoms in total. The molecule has 2 N–H and O–H groups in total. The number of rotatable bonds is 10. The molecule has 184 valence electrons. The van der Waals surface area contributed by atoms with Crippen molar-refractivity contribution in [2.75, 3.05) is 25.0 Å². The molecular formula is C26H28N2O6S. The molecule has 0 aliphatic rings. The van der Waals surface area contributed by atoms with Crippen LogP contribution in [0.3, 0.4) is 0 Å². The van der Waals surface area contributed by atoms with Gasteiger partial charge >= 0.3 is 5.97 Å². The summed E-state index contributed by atoms with van der Waals surface area (Å²) in [6, 6.07) is 18.6. The Bertz CT molecular complexity index is 1300. The molecule has 0 fully saturated rings. The van der Waals surface area contributed by atoms with Gasteiger partial charge in [0.1, 0.15) is 10.6 Å². The highest BCUT2D eigenvalue weighted by Crippen LogP contribution is 2.27. The van der Waals surface area contributed by atoms with Crippen molar-refractivity contribution in [3.63, 3.8) is 0 Å². The van der Waals surface area contributed by atoms with Crippen molar-refractivity contribution in [1.82, 2.24) is 5.32 Å². The maximum Gasteiger partial charge on any atom is 0.338 e. The van der Waals surface area contributed by atoms with Gasteiger partial charge in [-0.25, -0.2) is 13.2 Å². The number of carbonyl (C=O) groups is 2. The zero-order valence-electron chi connectivity index (χ0n) is 19.8. The second-order valence-corrected chi connectivity index (χ2v) is 9.59.